The summed E-state index contributed by atoms with van der Waals surface area (Å²) >= 11 is 0. The van der Waals surface area contributed by atoms with Crippen LogP contribution >= 0.6 is 0 Å². The van der Waals surface area contributed by atoms with Gasteiger partial charge in [-0.25, -0.2) is 0 Å². The first-order valence-electron chi connectivity index (χ1n) is 13.5. The van der Waals surface area contributed by atoms with Gasteiger partial charge in [-0.1, -0.05) is 149 Å². The molecular formula is C27H56O. The van der Waals surface area contributed by atoms with Crippen LogP contribution < -0.4 is 0 Å². The molecule has 0 heterocycles. The van der Waals surface area contributed by atoms with Gasteiger partial charge in [0.2, 0.25) is 0 Å². The van der Waals surface area contributed by atoms with Crippen molar-refractivity contribution in [2.45, 2.75) is 162 Å². The van der Waals surface area contributed by atoms with Gasteiger partial charge in [0.25, 0.3) is 0 Å². The number of unbranched alkanes of at least 4 members (excludes halogenated alkanes) is 21. The molecule has 0 fully saturated rings. The molecule has 0 amide bonds. The molecule has 0 aromatic rings. The van der Waals surface area contributed by atoms with Gasteiger partial charge >= 0.3 is 0 Å². The summed E-state index contributed by atoms with van der Waals surface area (Å²) < 4.78 is 5.79. The van der Waals surface area contributed by atoms with Crippen molar-refractivity contribution >= 4 is 0 Å². The molecule has 1 nitrogen and oxygen atoms in total. The zero-order valence-corrected chi connectivity index (χ0v) is 20.1. The maximum absolute atomic E-state index is 5.79. The lowest BCUT2D eigenvalue weighted by atomic mass is 10.0. The first-order chi connectivity index (χ1) is 13.9. The lowest BCUT2D eigenvalue weighted by Crippen LogP contribution is -1.97. The van der Waals surface area contributed by atoms with Crippen molar-refractivity contribution in [2.75, 3.05) is 13.2 Å². The van der Waals surface area contributed by atoms with Crippen molar-refractivity contribution in [3.05, 3.63) is 0 Å². The molecule has 0 aliphatic heterocycles. The number of ether oxygens (including phenoxy) is 1. The molecular weight excluding hydrogens is 340 g/mol. The van der Waals surface area contributed by atoms with Crippen LogP contribution in [0.2, 0.25) is 0 Å². The summed E-state index contributed by atoms with van der Waals surface area (Å²) in [7, 11) is 0. The molecule has 0 bridgehead atoms. The summed E-state index contributed by atoms with van der Waals surface area (Å²) in [6.07, 6.45) is 32.6. The fourth-order valence-electron chi connectivity index (χ4n) is 4.02. The van der Waals surface area contributed by atoms with Crippen LogP contribution in [0.3, 0.4) is 0 Å². The first kappa shape index (κ1) is 28.0. The van der Waals surface area contributed by atoms with E-state index in [9.17, 15) is 0 Å². The summed E-state index contributed by atoms with van der Waals surface area (Å²) in [5.74, 6) is 0. The molecule has 0 saturated carbocycles. The van der Waals surface area contributed by atoms with Gasteiger partial charge in [0.15, 0.2) is 0 Å². The van der Waals surface area contributed by atoms with Gasteiger partial charge in [0.1, 0.15) is 0 Å². The van der Waals surface area contributed by atoms with Crippen LogP contribution in [0.15, 0.2) is 0 Å². The summed E-state index contributed by atoms with van der Waals surface area (Å²) in [4.78, 5) is 0. The molecule has 170 valence electrons. The second kappa shape index (κ2) is 27.0. The Kier molecular flexibility index (Phi) is 26.9. The SMILES string of the molecule is CCCCCCCCCCCCCCCCCOCCCCCCCCCC. The Balaban J connectivity index is 2.96. The van der Waals surface area contributed by atoms with E-state index in [0.717, 1.165) is 13.2 Å². The minimum Gasteiger partial charge on any atom is -0.381 e. The van der Waals surface area contributed by atoms with Crippen LogP contribution in [-0.2, 0) is 4.74 Å². The fraction of sp³-hybridized carbons (Fsp3) is 1.00. The van der Waals surface area contributed by atoms with Gasteiger partial charge in [-0.05, 0) is 12.8 Å². The Bertz CT molecular complexity index is 225. The third-order valence-electron chi connectivity index (χ3n) is 6.03. The number of hydrogen-bond donors (Lipinski definition) is 0. The second-order valence-electron chi connectivity index (χ2n) is 9.04. The minimum absolute atomic E-state index is 0.994. The molecule has 0 spiro atoms. The zero-order chi connectivity index (χ0) is 20.4. The molecule has 28 heavy (non-hydrogen) atoms. The Labute approximate surface area is 179 Å². The van der Waals surface area contributed by atoms with E-state index in [1.165, 1.54) is 148 Å². The highest BCUT2D eigenvalue weighted by atomic mass is 16.5. The van der Waals surface area contributed by atoms with Crippen LogP contribution in [-0.4, -0.2) is 13.2 Å². The summed E-state index contributed by atoms with van der Waals surface area (Å²) in [5.41, 5.74) is 0. The second-order valence-corrected chi connectivity index (χ2v) is 9.04. The van der Waals surface area contributed by atoms with Crippen LogP contribution in [0.1, 0.15) is 162 Å². The van der Waals surface area contributed by atoms with Gasteiger partial charge in [0, 0.05) is 13.2 Å². The van der Waals surface area contributed by atoms with Crippen LogP contribution in [0.5, 0.6) is 0 Å². The number of rotatable bonds is 25. The highest BCUT2D eigenvalue weighted by Crippen LogP contribution is 2.13. The van der Waals surface area contributed by atoms with Gasteiger partial charge in [-0.15, -0.1) is 0 Å². The molecule has 0 rings (SSSR count). The van der Waals surface area contributed by atoms with E-state index in [1.807, 2.05) is 0 Å². The van der Waals surface area contributed by atoms with Crippen molar-refractivity contribution in [1.82, 2.24) is 0 Å². The monoisotopic (exact) mass is 396 g/mol. The third-order valence-corrected chi connectivity index (χ3v) is 6.03. The van der Waals surface area contributed by atoms with E-state index >= 15 is 0 Å². The summed E-state index contributed by atoms with van der Waals surface area (Å²) in [6, 6.07) is 0. The van der Waals surface area contributed by atoms with Gasteiger partial charge in [-0.3, -0.25) is 0 Å². The van der Waals surface area contributed by atoms with E-state index < -0.39 is 0 Å². The molecule has 0 radical (unpaired) electrons. The highest BCUT2D eigenvalue weighted by molar-refractivity contribution is 4.50. The lowest BCUT2D eigenvalue weighted by molar-refractivity contribution is 0.125. The average molecular weight is 397 g/mol. The largest absolute Gasteiger partial charge is 0.381 e. The number of hydrogen-bond acceptors (Lipinski definition) is 1. The normalized spacial score (nSPS) is 11.4. The van der Waals surface area contributed by atoms with Gasteiger partial charge < -0.3 is 4.74 Å². The van der Waals surface area contributed by atoms with E-state index in [1.54, 1.807) is 0 Å². The van der Waals surface area contributed by atoms with Crippen LogP contribution in [0.25, 0.3) is 0 Å². The fourth-order valence-corrected chi connectivity index (χ4v) is 4.02. The molecule has 0 atom stereocenters. The summed E-state index contributed by atoms with van der Waals surface area (Å²) in [5, 5.41) is 0. The van der Waals surface area contributed by atoms with Gasteiger partial charge in [0.05, 0.1) is 0 Å². The zero-order valence-electron chi connectivity index (χ0n) is 20.1. The van der Waals surface area contributed by atoms with Crippen molar-refractivity contribution < 1.29 is 4.74 Å². The molecule has 0 aromatic carbocycles. The average Bonchev–Trinajstić information content (AvgIpc) is 2.71. The topological polar surface area (TPSA) is 9.23 Å². The van der Waals surface area contributed by atoms with Crippen LogP contribution in [0.4, 0.5) is 0 Å². The van der Waals surface area contributed by atoms with E-state index in [0.29, 0.717) is 0 Å². The predicted octanol–water partition coefficient (Wildman–Crippen LogP) is 10.0. The standard InChI is InChI=1S/C27H56O/c1-3-5-7-9-11-13-14-15-16-17-18-19-21-23-25-27-28-26-24-22-20-12-10-8-6-4-2/h3-27H2,1-2H3. The van der Waals surface area contributed by atoms with E-state index in [-0.39, 0.29) is 0 Å². The van der Waals surface area contributed by atoms with Crippen molar-refractivity contribution in [3.63, 3.8) is 0 Å². The Morgan fingerprint density at radius 2 is 0.500 bits per heavy atom. The van der Waals surface area contributed by atoms with E-state index in [2.05, 4.69) is 13.8 Å². The highest BCUT2D eigenvalue weighted by Gasteiger charge is 1.95. The Morgan fingerprint density at radius 3 is 0.750 bits per heavy atom. The predicted molar refractivity (Wildman–Crippen MR) is 128 cm³/mol. The maximum atomic E-state index is 5.79. The third kappa shape index (κ3) is 26.0. The molecule has 0 aliphatic rings. The van der Waals surface area contributed by atoms with Gasteiger partial charge in [-0.2, -0.15) is 0 Å². The smallest absolute Gasteiger partial charge is 0.0466 e. The molecule has 0 N–H and O–H groups in total. The quantitative estimate of drug-likeness (QED) is 0.139. The molecule has 0 aliphatic carbocycles. The molecule has 1 heteroatoms. The van der Waals surface area contributed by atoms with Crippen molar-refractivity contribution in [1.29, 1.82) is 0 Å². The molecule has 0 aromatic heterocycles. The molecule has 0 unspecified atom stereocenters. The Morgan fingerprint density at radius 1 is 0.286 bits per heavy atom. The maximum Gasteiger partial charge on any atom is 0.0466 e. The van der Waals surface area contributed by atoms with Crippen molar-refractivity contribution in [3.8, 4) is 0 Å². The van der Waals surface area contributed by atoms with Crippen LogP contribution in [0, 0.1) is 0 Å². The lowest BCUT2D eigenvalue weighted by Gasteiger charge is -2.05. The Hall–Kier alpha value is -0.0400. The van der Waals surface area contributed by atoms with Crippen molar-refractivity contribution in [2.24, 2.45) is 0 Å². The summed E-state index contributed by atoms with van der Waals surface area (Å²) in [6.45, 7) is 6.57. The first-order valence-corrected chi connectivity index (χ1v) is 13.5. The molecule has 0 saturated heterocycles. The van der Waals surface area contributed by atoms with E-state index in [4.69, 9.17) is 4.74 Å². The minimum atomic E-state index is 0.994.